The summed E-state index contributed by atoms with van der Waals surface area (Å²) in [7, 11) is 0. The lowest BCUT2D eigenvalue weighted by Crippen LogP contribution is -2.08. The Morgan fingerprint density at radius 3 is 2.86 bits per heavy atom. The third kappa shape index (κ3) is 1.32. The maximum absolute atomic E-state index is 8.66. The molecule has 2 N–H and O–H groups in total. The molecule has 0 radical (unpaired) electrons. The van der Waals surface area contributed by atoms with Gasteiger partial charge in [-0.1, -0.05) is 0 Å². The fourth-order valence-electron chi connectivity index (χ4n) is 1.64. The second kappa shape index (κ2) is 3.48. The first-order chi connectivity index (χ1) is 6.74. The van der Waals surface area contributed by atoms with E-state index in [1.54, 1.807) is 0 Å². The number of fused-ring (bicyclic) bond motifs is 1. The van der Waals surface area contributed by atoms with Gasteiger partial charge in [0, 0.05) is 6.54 Å². The van der Waals surface area contributed by atoms with Crippen molar-refractivity contribution in [2.75, 3.05) is 6.79 Å². The van der Waals surface area contributed by atoms with Crippen molar-refractivity contribution in [3.63, 3.8) is 0 Å². The molecule has 0 unspecified atom stereocenters. The Labute approximate surface area is 82.4 Å². The fourth-order valence-corrected chi connectivity index (χ4v) is 1.64. The number of hydroxylamine groups is 1. The average molecular weight is 195 g/mol. The Morgan fingerprint density at radius 2 is 2.14 bits per heavy atom. The van der Waals surface area contributed by atoms with Crippen LogP contribution in [0.25, 0.3) is 0 Å². The lowest BCUT2D eigenvalue weighted by Gasteiger charge is -2.10. The predicted octanol–water partition coefficient (Wildman–Crippen LogP) is 1.51. The summed E-state index contributed by atoms with van der Waals surface area (Å²) in [6.45, 7) is 4.70. The molecule has 1 aromatic carbocycles. The molecule has 1 heterocycles. The largest absolute Gasteiger partial charge is 0.454 e. The van der Waals surface area contributed by atoms with Gasteiger partial charge in [0.1, 0.15) is 0 Å². The molecule has 0 amide bonds. The highest BCUT2D eigenvalue weighted by Crippen LogP contribution is 2.38. The van der Waals surface area contributed by atoms with Crippen molar-refractivity contribution < 1.29 is 14.7 Å². The number of ether oxygens (including phenoxy) is 2. The minimum absolute atomic E-state index is 0.283. The normalized spacial score (nSPS) is 13.4. The van der Waals surface area contributed by atoms with E-state index < -0.39 is 0 Å². The van der Waals surface area contributed by atoms with Gasteiger partial charge >= 0.3 is 0 Å². The third-order valence-corrected chi connectivity index (χ3v) is 2.60. The lowest BCUT2D eigenvalue weighted by atomic mass is 10.0. The molecule has 0 fully saturated rings. The minimum atomic E-state index is 0.283. The zero-order valence-electron chi connectivity index (χ0n) is 8.26. The molecule has 0 spiro atoms. The average Bonchev–Trinajstić information content (AvgIpc) is 2.62. The van der Waals surface area contributed by atoms with Gasteiger partial charge in [-0.25, -0.2) is 5.48 Å². The number of nitrogens with one attached hydrogen (secondary N) is 1. The second-order valence-electron chi connectivity index (χ2n) is 3.35. The SMILES string of the molecule is Cc1c(CNO)cc2c(c1C)OCO2. The van der Waals surface area contributed by atoms with E-state index in [2.05, 4.69) is 5.48 Å². The lowest BCUT2D eigenvalue weighted by molar-refractivity contribution is 0.161. The minimum Gasteiger partial charge on any atom is -0.454 e. The predicted molar refractivity (Wildman–Crippen MR) is 50.7 cm³/mol. The molecular formula is C10H13NO3. The van der Waals surface area contributed by atoms with Crippen LogP contribution in [-0.2, 0) is 6.54 Å². The maximum atomic E-state index is 8.66. The van der Waals surface area contributed by atoms with Crippen LogP contribution >= 0.6 is 0 Å². The summed E-state index contributed by atoms with van der Waals surface area (Å²) in [4.78, 5) is 0. The molecule has 1 aliphatic heterocycles. The summed E-state index contributed by atoms with van der Waals surface area (Å²) in [5, 5.41) is 8.66. The first kappa shape index (κ1) is 9.30. The Balaban J connectivity index is 2.49. The number of hydrogen-bond donors (Lipinski definition) is 2. The quantitative estimate of drug-likeness (QED) is 0.702. The van der Waals surface area contributed by atoms with Crippen molar-refractivity contribution in [1.82, 2.24) is 5.48 Å². The third-order valence-electron chi connectivity index (χ3n) is 2.60. The monoisotopic (exact) mass is 195 g/mol. The molecule has 4 nitrogen and oxygen atoms in total. The van der Waals surface area contributed by atoms with Crippen LogP contribution in [0, 0.1) is 13.8 Å². The molecule has 14 heavy (non-hydrogen) atoms. The van der Waals surface area contributed by atoms with Gasteiger partial charge in [0.05, 0.1) is 0 Å². The van der Waals surface area contributed by atoms with Crippen LogP contribution in [0.3, 0.4) is 0 Å². The van der Waals surface area contributed by atoms with E-state index in [-0.39, 0.29) is 6.79 Å². The first-order valence-electron chi connectivity index (χ1n) is 4.49. The van der Waals surface area contributed by atoms with Crippen molar-refractivity contribution >= 4 is 0 Å². The number of hydrogen-bond acceptors (Lipinski definition) is 4. The van der Waals surface area contributed by atoms with Crippen LogP contribution in [0.1, 0.15) is 16.7 Å². The van der Waals surface area contributed by atoms with Gasteiger partial charge in [-0.15, -0.1) is 0 Å². The van der Waals surface area contributed by atoms with E-state index in [9.17, 15) is 0 Å². The van der Waals surface area contributed by atoms with Gasteiger partial charge in [0.2, 0.25) is 6.79 Å². The Morgan fingerprint density at radius 1 is 1.36 bits per heavy atom. The van der Waals surface area contributed by atoms with Gasteiger partial charge in [-0.3, -0.25) is 0 Å². The first-order valence-corrected chi connectivity index (χ1v) is 4.49. The molecular weight excluding hydrogens is 182 g/mol. The molecule has 2 rings (SSSR count). The Hall–Kier alpha value is -1.26. The van der Waals surface area contributed by atoms with Crippen molar-refractivity contribution in [3.05, 3.63) is 22.8 Å². The van der Waals surface area contributed by atoms with Crippen LogP contribution in [-0.4, -0.2) is 12.0 Å². The molecule has 0 aliphatic carbocycles. The Kier molecular flexibility index (Phi) is 2.31. The van der Waals surface area contributed by atoms with E-state index in [0.29, 0.717) is 6.54 Å². The highest BCUT2D eigenvalue weighted by Gasteiger charge is 2.19. The van der Waals surface area contributed by atoms with E-state index in [4.69, 9.17) is 14.7 Å². The molecule has 1 aliphatic rings. The summed E-state index contributed by atoms with van der Waals surface area (Å²) >= 11 is 0. The summed E-state index contributed by atoms with van der Waals surface area (Å²) in [6.07, 6.45) is 0. The van der Waals surface area contributed by atoms with Crippen molar-refractivity contribution in [2.45, 2.75) is 20.4 Å². The van der Waals surface area contributed by atoms with Gasteiger partial charge in [0.25, 0.3) is 0 Å². The molecule has 76 valence electrons. The maximum Gasteiger partial charge on any atom is 0.231 e. The van der Waals surface area contributed by atoms with Crippen LogP contribution < -0.4 is 15.0 Å². The molecule has 0 saturated heterocycles. The second-order valence-corrected chi connectivity index (χ2v) is 3.35. The van der Waals surface area contributed by atoms with Crippen LogP contribution in [0.5, 0.6) is 11.5 Å². The van der Waals surface area contributed by atoms with Gasteiger partial charge in [-0.2, -0.15) is 0 Å². The standard InChI is InChI=1S/C10H13NO3/c1-6-7(2)10-9(13-5-14-10)3-8(6)4-11-12/h3,11-12H,4-5H2,1-2H3. The zero-order valence-corrected chi connectivity index (χ0v) is 8.26. The summed E-state index contributed by atoms with van der Waals surface area (Å²) in [6, 6.07) is 1.90. The highest BCUT2D eigenvalue weighted by atomic mass is 16.7. The number of benzene rings is 1. The molecule has 0 aromatic heterocycles. The molecule has 0 saturated carbocycles. The van der Waals surface area contributed by atoms with E-state index in [1.807, 2.05) is 19.9 Å². The molecule has 4 heteroatoms. The number of rotatable bonds is 2. The smallest absolute Gasteiger partial charge is 0.231 e. The van der Waals surface area contributed by atoms with Gasteiger partial charge in [-0.05, 0) is 36.6 Å². The van der Waals surface area contributed by atoms with Crippen LogP contribution in [0.2, 0.25) is 0 Å². The van der Waals surface area contributed by atoms with E-state index >= 15 is 0 Å². The summed E-state index contributed by atoms with van der Waals surface area (Å²) < 4.78 is 10.6. The van der Waals surface area contributed by atoms with Crippen molar-refractivity contribution in [3.8, 4) is 11.5 Å². The van der Waals surface area contributed by atoms with E-state index in [1.165, 1.54) is 0 Å². The Bertz CT molecular complexity index is 363. The van der Waals surface area contributed by atoms with Crippen molar-refractivity contribution in [1.29, 1.82) is 0 Å². The molecule has 1 aromatic rings. The summed E-state index contributed by atoms with van der Waals surface area (Å²) in [5.41, 5.74) is 5.36. The molecule has 0 atom stereocenters. The van der Waals surface area contributed by atoms with Crippen LogP contribution in [0.15, 0.2) is 6.07 Å². The van der Waals surface area contributed by atoms with E-state index in [0.717, 1.165) is 28.2 Å². The summed E-state index contributed by atoms with van der Waals surface area (Å²) in [5.74, 6) is 1.59. The zero-order chi connectivity index (χ0) is 10.1. The molecule has 0 bridgehead atoms. The van der Waals surface area contributed by atoms with Crippen LogP contribution in [0.4, 0.5) is 0 Å². The topological polar surface area (TPSA) is 50.7 Å². The van der Waals surface area contributed by atoms with Gasteiger partial charge < -0.3 is 14.7 Å². The highest BCUT2D eigenvalue weighted by molar-refractivity contribution is 5.54. The van der Waals surface area contributed by atoms with Gasteiger partial charge in [0.15, 0.2) is 11.5 Å². The fraction of sp³-hybridized carbons (Fsp3) is 0.400. The van der Waals surface area contributed by atoms with Crippen molar-refractivity contribution in [2.24, 2.45) is 0 Å².